The van der Waals surface area contributed by atoms with Gasteiger partial charge >= 0.3 is 21.7 Å². The molecular formula is C26H36Cl2N2O2Ti. The standard InChI is InChI=1S/2C13H19NO.2ClH.Ti/c2*1-4-5-6-11-7-8-12(13(14)15)10(3)9(11)2;;;/h2*7-8H,4-6H2,1-3H3,(H2,14,15);2*1H;/q;;;;+4/p-4. The molecule has 0 atom stereocenters. The SMILES string of the molecule is CCCCc1ccc(C([NH-])=O)c(C)c1C.CCCCc1ccc(C([NH-])=O)c(C)c1C.[Cl-].[Cl-].[Ti+4]. The summed E-state index contributed by atoms with van der Waals surface area (Å²) < 4.78 is 0. The molecule has 0 aliphatic carbocycles. The molecule has 2 rings (SSSR count). The molecule has 0 saturated heterocycles. The number of carbonyl (C=O) groups is 2. The van der Waals surface area contributed by atoms with Gasteiger partial charge in [-0.05, 0) is 86.8 Å². The molecule has 0 aliphatic heterocycles. The summed E-state index contributed by atoms with van der Waals surface area (Å²) in [5, 5.41) is 0. The van der Waals surface area contributed by atoms with Crippen molar-refractivity contribution in [3.8, 4) is 0 Å². The number of carbonyl (C=O) groups excluding carboxylic acids is 2. The maximum atomic E-state index is 11.0. The van der Waals surface area contributed by atoms with E-state index in [2.05, 4.69) is 13.8 Å². The predicted molar refractivity (Wildman–Crippen MR) is 126 cm³/mol. The van der Waals surface area contributed by atoms with Crippen molar-refractivity contribution in [1.29, 1.82) is 0 Å². The Bertz CT molecular complexity index is 829. The summed E-state index contributed by atoms with van der Waals surface area (Å²) in [5.74, 6) is -1.17. The molecule has 0 radical (unpaired) electrons. The van der Waals surface area contributed by atoms with Crippen molar-refractivity contribution >= 4 is 11.8 Å². The van der Waals surface area contributed by atoms with Crippen LogP contribution < -0.4 is 24.8 Å². The van der Waals surface area contributed by atoms with Gasteiger partial charge in [-0.25, -0.2) is 0 Å². The molecule has 0 unspecified atom stereocenters. The molecule has 2 amide bonds. The second-order valence-corrected chi connectivity index (χ2v) is 7.91. The topological polar surface area (TPSA) is 81.7 Å². The van der Waals surface area contributed by atoms with Crippen molar-refractivity contribution in [3.05, 3.63) is 80.2 Å². The minimum absolute atomic E-state index is 0. The Morgan fingerprint density at radius 3 is 1.18 bits per heavy atom. The fourth-order valence-corrected chi connectivity index (χ4v) is 3.52. The van der Waals surface area contributed by atoms with Crippen molar-refractivity contribution in [2.75, 3.05) is 0 Å². The fourth-order valence-electron chi connectivity index (χ4n) is 3.52. The number of rotatable bonds is 8. The molecule has 0 fully saturated rings. The molecule has 7 heteroatoms. The van der Waals surface area contributed by atoms with Crippen LogP contribution >= 0.6 is 0 Å². The first-order chi connectivity index (χ1) is 14.1. The van der Waals surface area contributed by atoms with E-state index in [0.717, 1.165) is 24.0 Å². The summed E-state index contributed by atoms with van der Waals surface area (Å²) in [4.78, 5) is 22.0. The number of amides is 2. The zero-order valence-electron chi connectivity index (χ0n) is 20.6. The number of hydrogen-bond acceptors (Lipinski definition) is 2. The van der Waals surface area contributed by atoms with Crippen molar-refractivity contribution in [2.24, 2.45) is 0 Å². The molecule has 0 aromatic heterocycles. The Kier molecular flexibility index (Phi) is 19.8. The normalized spacial score (nSPS) is 9.39. The zero-order valence-corrected chi connectivity index (χ0v) is 23.7. The Labute approximate surface area is 227 Å². The van der Waals surface area contributed by atoms with E-state index in [1.807, 2.05) is 39.8 Å². The first kappa shape index (κ1) is 36.2. The van der Waals surface area contributed by atoms with E-state index in [0.29, 0.717) is 11.1 Å². The maximum absolute atomic E-state index is 11.0. The molecule has 2 aromatic carbocycles. The van der Waals surface area contributed by atoms with Crippen LogP contribution in [0.15, 0.2) is 24.3 Å². The van der Waals surface area contributed by atoms with E-state index in [1.165, 1.54) is 47.9 Å². The van der Waals surface area contributed by atoms with Crippen LogP contribution in [0, 0.1) is 27.7 Å². The van der Waals surface area contributed by atoms with Gasteiger partial charge in [-0.2, -0.15) is 0 Å². The third kappa shape index (κ3) is 10.6. The van der Waals surface area contributed by atoms with Crippen LogP contribution in [0.1, 0.15) is 93.6 Å². The summed E-state index contributed by atoms with van der Waals surface area (Å²) in [7, 11) is 0. The number of benzene rings is 2. The third-order valence-corrected chi connectivity index (χ3v) is 5.89. The van der Waals surface area contributed by atoms with Crippen LogP contribution in [0.5, 0.6) is 0 Å². The molecule has 0 aliphatic rings. The van der Waals surface area contributed by atoms with Crippen molar-refractivity contribution < 1.29 is 56.1 Å². The van der Waals surface area contributed by atoms with Gasteiger partial charge in [0.1, 0.15) is 0 Å². The largest absolute Gasteiger partial charge is 4.00 e. The van der Waals surface area contributed by atoms with E-state index in [-0.39, 0.29) is 46.5 Å². The number of halogens is 2. The Morgan fingerprint density at radius 2 is 0.939 bits per heavy atom. The van der Waals surface area contributed by atoms with Crippen LogP contribution in [0.2, 0.25) is 0 Å². The first-order valence-corrected chi connectivity index (χ1v) is 10.9. The van der Waals surface area contributed by atoms with Gasteiger partial charge in [0, 0.05) is 11.1 Å². The molecular weight excluding hydrogens is 491 g/mol. The van der Waals surface area contributed by atoms with Crippen LogP contribution in [0.25, 0.3) is 11.5 Å². The van der Waals surface area contributed by atoms with E-state index in [9.17, 15) is 9.59 Å². The first-order valence-electron chi connectivity index (χ1n) is 10.9. The number of aryl methyl sites for hydroxylation is 2. The smallest absolute Gasteiger partial charge is 1.00 e. The second-order valence-electron chi connectivity index (χ2n) is 7.91. The Morgan fingerprint density at radius 1 is 0.636 bits per heavy atom. The van der Waals surface area contributed by atoms with Crippen LogP contribution in [-0.2, 0) is 34.6 Å². The molecule has 0 heterocycles. The van der Waals surface area contributed by atoms with E-state index in [1.54, 1.807) is 12.1 Å². The molecule has 2 aromatic rings. The molecule has 0 bridgehead atoms. The van der Waals surface area contributed by atoms with Gasteiger partial charge in [-0.1, -0.05) is 51.0 Å². The monoisotopic (exact) mass is 526 g/mol. The van der Waals surface area contributed by atoms with Gasteiger partial charge in [0.2, 0.25) is 0 Å². The van der Waals surface area contributed by atoms with E-state index >= 15 is 0 Å². The van der Waals surface area contributed by atoms with Gasteiger partial charge in [-0.3, -0.25) is 0 Å². The van der Waals surface area contributed by atoms with Gasteiger partial charge in [0.05, 0.1) is 11.8 Å². The molecule has 2 N–H and O–H groups in total. The third-order valence-electron chi connectivity index (χ3n) is 5.89. The van der Waals surface area contributed by atoms with Crippen LogP contribution in [-0.4, -0.2) is 11.8 Å². The molecule has 0 saturated carbocycles. The predicted octanol–water partition coefficient (Wildman–Crippen LogP) is 1.68. The van der Waals surface area contributed by atoms with Gasteiger partial charge < -0.3 is 45.9 Å². The van der Waals surface area contributed by atoms with Crippen LogP contribution in [0.3, 0.4) is 0 Å². The van der Waals surface area contributed by atoms with Crippen LogP contribution in [0.4, 0.5) is 0 Å². The molecule has 180 valence electrons. The minimum atomic E-state index is -0.586. The molecule has 4 nitrogen and oxygen atoms in total. The summed E-state index contributed by atoms with van der Waals surface area (Å²) in [6, 6.07) is 7.53. The Hall–Kier alpha value is -1.33. The fraction of sp³-hybridized carbons (Fsp3) is 0.462. The Balaban J connectivity index is -0.000000500. The summed E-state index contributed by atoms with van der Waals surface area (Å²) in [6.45, 7) is 12.3. The van der Waals surface area contributed by atoms with E-state index < -0.39 is 11.8 Å². The summed E-state index contributed by atoms with van der Waals surface area (Å²) in [5.41, 5.74) is 22.2. The van der Waals surface area contributed by atoms with Crippen molar-refractivity contribution in [2.45, 2.75) is 80.1 Å². The van der Waals surface area contributed by atoms with Crippen molar-refractivity contribution in [3.63, 3.8) is 0 Å². The molecule has 33 heavy (non-hydrogen) atoms. The second kappa shape index (κ2) is 18.1. The summed E-state index contributed by atoms with van der Waals surface area (Å²) in [6.07, 6.45) is 6.84. The average Bonchev–Trinajstić information content (AvgIpc) is 2.70. The average molecular weight is 527 g/mol. The maximum Gasteiger partial charge on any atom is 4.00 e. The number of unbranched alkanes of at least 4 members (excludes halogenated alkanes) is 2. The summed E-state index contributed by atoms with van der Waals surface area (Å²) >= 11 is 0. The quantitative estimate of drug-likeness (QED) is 0.490. The van der Waals surface area contributed by atoms with Crippen molar-refractivity contribution in [1.82, 2.24) is 0 Å². The van der Waals surface area contributed by atoms with Gasteiger partial charge in [-0.15, -0.1) is 0 Å². The van der Waals surface area contributed by atoms with Gasteiger partial charge in [0.15, 0.2) is 0 Å². The molecule has 0 spiro atoms. The van der Waals surface area contributed by atoms with E-state index in [4.69, 9.17) is 11.5 Å². The number of nitrogens with one attached hydrogen (secondary N) is 2. The zero-order chi connectivity index (χ0) is 22.8. The minimum Gasteiger partial charge on any atom is -1.00 e. The van der Waals surface area contributed by atoms with Gasteiger partial charge in [0.25, 0.3) is 0 Å². The number of hydrogen-bond donors (Lipinski definition) is 0.